The van der Waals surface area contributed by atoms with Gasteiger partial charge in [0.05, 0.1) is 26.4 Å². The third kappa shape index (κ3) is 68.4. The van der Waals surface area contributed by atoms with Crippen LogP contribution in [0.25, 0.3) is 0 Å². The maximum absolute atomic E-state index is 13.1. The molecule has 0 aromatic heterocycles. The first-order valence-electron chi connectivity index (χ1n) is 38.6. The summed E-state index contributed by atoms with van der Waals surface area (Å²) in [7, 11) is -9.91. The molecule has 3 N–H and O–H groups in total. The van der Waals surface area contributed by atoms with Crippen LogP contribution in [0.5, 0.6) is 0 Å². The first-order valence-corrected chi connectivity index (χ1v) is 41.6. The zero-order chi connectivity index (χ0) is 68.4. The number of carbonyl (C=O) groups is 4. The zero-order valence-electron chi connectivity index (χ0n) is 60.4. The van der Waals surface area contributed by atoms with E-state index in [9.17, 15) is 43.2 Å². The lowest BCUT2D eigenvalue weighted by Crippen LogP contribution is -2.30. The number of aliphatic hydroxyl groups is 1. The second-order valence-corrected chi connectivity index (χ2v) is 30.1. The molecule has 5 atom stereocenters. The molecule has 93 heavy (non-hydrogen) atoms. The third-order valence-corrected chi connectivity index (χ3v) is 19.2. The van der Waals surface area contributed by atoms with Crippen LogP contribution in [0.15, 0.2) is 0 Å². The van der Waals surface area contributed by atoms with E-state index in [1.807, 2.05) is 0 Å². The Balaban J connectivity index is 5.26. The Morgan fingerprint density at radius 2 is 0.495 bits per heavy atom. The molecular formula is C74H144O17P2. The Kier molecular flexibility index (Phi) is 65.9. The second-order valence-electron chi connectivity index (χ2n) is 27.2. The largest absolute Gasteiger partial charge is 0.472 e. The van der Waals surface area contributed by atoms with Gasteiger partial charge in [-0.1, -0.05) is 336 Å². The van der Waals surface area contributed by atoms with Gasteiger partial charge in [-0.15, -0.1) is 0 Å². The van der Waals surface area contributed by atoms with Crippen molar-refractivity contribution in [1.82, 2.24) is 0 Å². The van der Waals surface area contributed by atoms with E-state index in [0.717, 1.165) is 95.8 Å². The Hall–Kier alpha value is -1.94. The smallest absolute Gasteiger partial charge is 0.462 e. The highest BCUT2D eigenvalue weighted by Gasteiger charge is 2.30. The molecule has 0 aromatic carbocycles. The van der Waals surface area contributed by atoms with E-state index in [-0.39, 0.29) is 25.7 Å². The number of aliphatic hydroxyl groups excluding tert-OH is 1. The molecule has 0 spiro atoms. The Bertz CT molecular complexity index is 1790. The molecule has 0 aliphatic heterocycles. The van der Waals surface area contributed by atoms with Crippen LogP contribution in [0.1, 0.15) is 388 Å². The average Bonchev–Trinajstić information content (AvgIpc) is 2.39. The van der Waals surface area contributed by atoms with Crippen molar-refractivity contribution in [3.05, 3.63) is 0 Å². The number of unbranched alkanes of at least 4 members (excludes halogenated alkanes) is 46. The lowest BCUT2D eigenvalue weighted by atomic mass is 10.0. The van der Waals surface area contributed by atoms with Gasteiger partial charge < -0.3 is 33.8 Å². The molecule has 0 aromatic rings. The highest BCUT2D eigenvalue weighted by molar-refractivity contribution is 7.47. The minimum atomic E-state index is -4.95. The van der Waals surface area contributed by atoms with Crippen LogP contribution in [-0.2, 0) is 65.4 Å². The topological polar surface area (TPSA) is 237 Å². The first-order chi connectivity index (χ1) is 45.0. The van der Waals surface area contributed by atoms with Crippen LogP contribution in [0.2, 0.25) is 0 Å². The van der Waals surface area contributed by atoms with Gasteiger partial charge in [0.25, 0.3) is 0 Å². The standard InChI is InChI=1S/C74H144O17P2/c1-6-9-12-15-18-21-24-26-27-29-34-40-45-50-55-60-74(79)91-70(64-85-72(77)58-53-48-43-38-35-30-32-36-41-46-51-56-67(4)5)66-89-93(82,83)87-62-68(75)61-86-92(80,81)88-65-69(63-84-71(76)57-52-47-42-37-31-23-20-17-14-11-8-3)90-73(78)59-54-49-44-39-33-28-25-22-19-16-13-10-7-2/h67-70,75H,6-66H2,1-5H3,(H,80,81)(H,82,83)/t68-,69+,70+/m0/s1. The molecule has 0 saturated carbocycles. The molecule has 552 valence electrons. The van der Waals surface area contributed by atoms with E-state index in [4.69, 9.17) is 37.0 Å². The molecule has 0 saturated heterocycles. The fourth-order valence-corrected chi connectivity index (χ4v) is 12.9. The van der Waals surface area contributed by atoms with E-state index in [2.05, 4.69) is 34.6 Å². The van der Waals surface area contributed by atoms with Gasteiger partial charge in [-0.25, -0.2) is 9.13 Å². The Morgan fingerprint density at radius 3 is 0.731 bits per heavy atom. The van der Waals surface area contributed by atoms with Crippen LogP contribution < -0.4 is 0 Å². The number of hydrogen-bond donors (Lipinski definition) is 3. The monoisotopic (exact) mass is 1370 g/mol. The van der Waals surface area contributed by atoms with Gasteiger partial charge >= 0.3 is 39.5 Å². The summed E-state index contributed by atoms with van der Waals surface area (Å²) in [6, 6.07) is 0. The van der Waals surface area contributed by atoms with Crippen molar-refractivity contribution < 1.29 is 80.2 Å². The number of phosphoric ester groups is 2. The second kappa shape index (κ2) is 67.3. The number of ether oxygens (including phenoxy) is 4. The molecule has 17 nitrogen and oxygen atoms in total. The quantitative estimate of drug-likeness (QED) is 0.0222. The first kappa shape index (κ1) is 91.1. The van der Waals surface area contributed by atoms with Crippen molar-refractivity contribution in [2.75, 3.05) is 39.6 Å². The van der Waals surface area contributed by atoms with Gasteiger partial charge in [-0.05, 0) is 31.6 Å². The molecule has 19 heteroatoms. The van der Waals surface area contributed by atoms with Crippen molar-refractivity contribution in [2.45, 2.75) is 406 Å². The van der Waals surface area contributed by atoms with E-state index in [0.29, 0.717) is 25.7 Å². The van der Waals surface area contributed by atoms with Crippen molar-refractivity contribution in [3.63, 3.8) is 0 Å². The summed E-state index contributed by atoms with van der Waals surface area (Å²) in [4.78, 5) is 72.7. The predicted octanol–water partition coefficient (Wildman–Crippen LogP) is 21.7. The summed E-state index contributed by atoms with van der Waals surface area (Å²) in [6.45, 7) is 7.29. The fraction of sp³-hybridized carbons (Fsp3) is 0.946. The van der Waals surface area contributed by atoms with Gasteiger partial charge in [0.1, 0.15) is 19.3 Å². The van der Waals surface area contributed by atoms with Gasteiger partial charge in [0.15, 0.2) is 12.2 Å². The summed E-state index contributed by atoms with van der Waals surface area (Å²) < 4.78 is 68.5. The number of rotatable bonds is 74. The number of carbonyl (C=O) groups excluding carboxylic acids is 4. The highest BCUT2D eigenvalue weighted by Crippen LogP contribution is 2.45. The van der Waals surface area contributed by atoms with Crippen molar-refractivity contribution in [2.24, 2.45) is 5.92 Å². The molecule has 0 radical (unpaired) electrons. The summed E-state index contributed by atoms with van der Waals surface area (Å²) in [6.07, 6.45) is 55.2. The Morgan fingerprint density at radius 1 is 0.290 bits per heavy atom. The van der Waals surface area contributed by atoms with Crippen LogP contribution in [-0.4, -0.2) is 96.7 Å². The minimum Gasteiger partial charge on any atom is -0.462 e. The summed E-state index contributed by atoms with van der Waals surface area (Å²) in [5.41, 5.74) is 0. The van der Waals surface area contributed by atoms with Crippen LogP contribution >= 0.6 is 15.6 Å². The number of hydrogen-bond acceptors (Lipinski definition) is 15. The van der Waals surface area contributed by atoms with Gasteiger partial charge in [0.2, 0.25) is 0 Å². The summed E-state index contributed by atoms with van der Waals surface area (Å²) >= 11 is 0. The van der Waals surface area contributed by atoms with Gasteiger partial charge in [0, 0.05) is 25.7 Å². The lowest BCUT2D eigenvalue weighted by Gasteiger charge is -2.21. The molecular weight excluding hydrogens is 1220 g/mol. The predicted molar refractivity (Wildman–Crippen MR) is 377 cm³/mol. The van der Waals surface area contributed by atoms with Crippen molar-refractivity contribution >= 4 is 39.5 Å². The van der Waals surface area contributed by atoms with Gasteiger partial charge in [-0.2, -0.15) is 0 Å². The van der Waals surface area contributed by atoms with Crippen LogP contribution in [0.3, 0.4) is 0 Å². The Labute approximate surface area is 568 Å². The van der Waals surface area contributed by atoms with E-state index >= 15 is 0 Å². The molecule has 0 fully saturated rings. The summed E-state index contributed by atoms with van der Waals surface area (Å²) in [5.74, 6) is -1.34. The zero-order valence-corrected chi connectivity index (χ0v) is 62.2. The normalized spacial score (nSPS) is 14.0. The average molecular weight is 1370 g/mol. The SMILES string of the molecule is CCCCCCCCCCCCCCCCCC(=O)O[C@H](COC(=O)CCCCCCCCCCCCCC(C)C)COP(=O)(O)OC[C@@H](O)COP(=O)(O)OC[C@@H](COC(=O)CCCCCCCCCCCCC)OC(=O)CCCCCCCCCCCCCCC. The molecule has 2 unspecified atom stereocenters. The third-order valence-electron chi connectivity index (χ3n) is 17.3. The minimum absolute atomic E-state index is 0.108. The highest BCUT2D eigenvalue weighted by atomic mass is 31.2. The van der Waals surface area contributed by atoms with E-state index in [1.54, 1.807) is 0 Å². The fourth-order valence-electron chi connectivity index (χ4n) is 11.4. The number of phosphoric acid groups is 2. The van der Waals surface area contributed by atoms with Crippen molar-refractivity contribution in [1.29, 1.82) is 0 Å². The molecule has 0 aliphatic carbocycles. The van der Waals surface area contributed by atoms with Crippen LogP contribution in [0, 0.1) is 5.92 Å². The molecule has 0 heterocycles. The summed E-state index contributed by atoms with van der Waals surface area (Å²) in [5, 5.41) is 10.6. The number of esters is 4. The molecule has 0 amide bonds. The maximum Gasteiger partial charge on any atom is 0.472 e. The molecule has 0 bridgehead atoms. The van der Waals surface area contributed by atoms with Crippen LogP contribution in [0.4, 0.5) is 0 Å². The maximum atomic E-state index is 13.1. The van der Waals surface area contributed by atoms with E-state index in [1.165, 1.54) is 212 Å². The van der Waals surface area contributed by atoms with Gasteiger partial charge in [-0.3, -0.25) is 37.3 Å². The van der Waals surface area contributed by atoms with E-state index < -0.39 is 97.5 Å². The van der Waals surface area contributed by atoms with Crippen molar-refractivity contribution in [3.8, 4) is 0 Å². The molecule has 0 rings (SSSR count). The lowest BCUT2D eigenvalue weighted by molar-refractivity contribution is -0.161. The molecule has 0 aliphatic rings.